The van der Waals surface area contributed by atoms with E-state index < -0.39 is 0 Å². The minimum Gasteiger partial charge on any atom is -0.304 e. The van der Waals surface area contributed by atoms with Crippen molar-refractivity contribution in [3.05, 3.63) is 47.3 Å². The molecule has 3 rings (SSSR count). The topological polar surface area (TPSA) is 49.0 Å². The number of rotatable bonds is 1. The largest absolute Gasteiger partial charge is 0.304 e. The second kappa shape index (κ2) is 3.98. The summed E-state index contributed by atoms with van der Waals surface area (Å²) in [5, 5.41) is 6.87. The smallest absolute Gasteiger partial charge is 0.279 e. The summed E-state index contributed by atoms with van der Waals surface area (Å²) in [6.07, 6.45) is 0.908. The highest BCUT2D eigenvalue weighted by Gasteiger charge is 2.32. The van der Waals surface area contributed by atoms with Gasteiger partial charge in [0.2, 0.25) is 0 Å². The lowest BCUT2D eigenvalue weighted by atomic mass is 10.1. The van der Waals surface area contributed by atoms with Crippen LogP contribution in [0.2, 0.25) is 0 Å². The lowest BCUT2D eigenvalue weighted by Gasteiger charge is -2.21. The van der Waals surface area contributed by atoms with Crippen LogP contribution in [0.5, 0.6) is 0 Å². The molecule has 0 saturated heterocycles. The van der Waals surface area contributed by atoms with Gasteiger partial charge in [0.05, 0.1) is 0 Å². The molecule has 18 heavy (non-hydrogen) atoms. The minimum absolute atomic E-state index is 0.0307. The van der Waals surface area contributed by atoms with Crippen molar-refractivity contribution in [1.82, 2.24) is 10.2 Å². The van der Waals surface area contributed by atoms with Gasteiger partial charge in [-0.2, -0.15) is 5.10 Å². The van der Waals surface area contributed by atoms with Gasteiger partial charge in [0, 0.05) is 17.4 Å². The van der Waals surface area contributed by atoms with E-state index in [9.17, 15) is 4.79 Å². The van der Waals surface area contributed by atoms with Gasteiger partial charge in [0.25, 0.3) is 5.91 Å². The summed E-state index contributed by atoms with van der Waals surface area (Å²) in [6.45, 7) is 3.96. The van der Waals surface area contributed by atoms with Gasteiger partial charge in [0.15, 0.2) is 5.69 Å². The number of benzene rings is 1. The molecule has 92 valence electrons. The van der Waals surface area contributed by atoms with E-state index in [-0.39, 0.29) is 11.9 Å². The van der Waals surface area contributed by atoms with Crippen LogP contribution >= 0.6 is 0 Å². The number of carbonyl (C=O) groups excluding carboxylic acids is 1. The van der Waals surface area contributed by atoms with Crippen LogP contribution < -0.4 is 4.90 Å². The second-order valence-electron chi connectivity index (χ2n) is 4.79. The number of nitrogens with zero attached hydrogens (tertiary/aromatic N) is 2. The van der Waals surface area contributed by atoms with Crippen molar-refractivity contribution >= 4 is 11.6 Å². The van der Waals surface area contributed by atoms with Gasteiger partial charge >= 0.3 is 0 Å². The Balaban J connectivity index is 2.00. The average Bonchev–Trinajstić information content (AvgIpc) is 2.91. The number of hydrogen-bond donors (Lipinski definition) is 1. The number of H-pyrrole nitrogens is 1. The minimum atomic E-state index is -0.0307. The first-order chi connectivity index (χ1) is 8.66. The quantitative estimate of drug-likeness (QED) is 0.832. The number of carbonyl (C=O) groups is 1. The number of para-hydroxylation sites is 1. The van der Waals surface area contributed by atoms with Crippen LogP contribution in [0.4, 0.5) is 5.69 Å². The fraction of sp³-hybridized carbons (Fsp3) is 0.286. The Hall–Kier alpha value is -2.10. The lowest BCUT2D eigenvalue weighted by Crippen LogP contribution is -2.35. The molecule has 1 aliphatic rings. The van der Waals surface area contributed by atoms with Crippen molar-refractivity contribution < 1.29 is 4.79 Å². The summed E-state index contributed by atoms with van der Waals surface area (Å²) in [7, 11) is 0. The highest BCUT2D eigenvalue weighted by molar-refractivity contribution is 6.06. The molecule has 4 nitrogen and oxygen atoms in total. The van der Waals surface area contributed by atoms with Crippen LogP contribution in [0.25, 0.3) is 0 Å². The maximum atomic E-state index is 12.5. The van der Waals surface area contributed by atoms with Crippen molar-refractivity contribution in [2.45, 2.75) is 26.3 Å². The molecule has 0 saturated carbocycles. The Labute approximate surface area is 106 Å². The van der Waals surface area contributed by atoms with Gasteiger partial charge in [-0.05, 0) is 38.0 Å². The number of anilines is 1. The van der Waals surface area contributed by atoms with E-state index in [1.807, 2.05) is 30.0 Å². The molecule has 1 aromatic heterocycles. The van der Waals surface area contributed by atoms with E-state index >= 15 is 0 Å². The zero-order valence-corrected chi connectivity index (χ0v) is 10.5. The number of fused-ring (bicyclic) bond motifs is 1. The van der Waals surface area contributed by atoms with Crippen molar-refractivity contribution in [2.75, 3.05) is 4.90 Å². The molecule has 0 spiro atoms. The number of aromatic nitrogens is 2. The molecule has 2 aromatic rings. The number of aromatic amines is 1. The third kappa shape index (κ3) is 1.61. The normalized spacial score (nSPS) is 17.9. The lowest BCUT2D eigenvalue weighted by molar-refractivity contribution is 0.0976. The van der Waals surface area contributed by atoms with E-state index in [2.05, 4.69) is 23.2 Å². The predicted molar refractivity (Wildman–Crippen MR) is 69.7 cm³/mol. The first-order valence-corrected chi connectivity index (χ1v) is 6.10. The zero-order valence-electron chi connectivity index (χ0n) is 10.5. The van der Waals surface area contributed by atoms with Crippen LogP contribution in [0.15, 0.2) is 30.3 Å². The summed E-state index contributed by atoms with van der Waals surface area (Å²) >= 11 is 0. The van der Waals surface area contributed by atoms with Crippen molar-refractivity contribution in [3.8, 4) is 0 Å². The summed E-state index contributed by atoms with van der Waals surface area (Å²) in [5.41, 5.74) is 3.62. The zero-order chi connectivity index (χ0) is 12.7. The molecule has 1 atom stereocenters. The van der Waals surface area contributed by atoms with Crippen molar-refractivity contribution in [1.29, 1.82) is 0 Å². The van der Waals surface area contributed by atoms with E-state index in [4.69, 9.17) is 0 Å². The van der Waals surface area contributed by atoms with E-state index in [1.165, 1.54) is 5.56 Å². The highest BCUT2D eigenvalue weighted by atomic mass is 16.2. The SMILES string of the molecule is Cc1cc(C(=O)N2c3ccccc3CC2C)n[nH]1. The first kappa shape index (κ1) is 11.0. The number of hydrogen-bond acceptors (Lipinski definition) is 2. The maximum Gasteiger partial charge on any atom is 0.279 e. The Morgan fingerprint density at radius 3 is 2.94 bits per heavy atom. The molecule has 1 N–H and O–H groups in total. The summed E-state index contributed by atoms with van der Waals surface area (Å²) < 4.78 is 0. The van der Waals surface area contributed by atoms with Crippen LogP contribution in [0, 0.1) is 6.92 Å². The summed E-state index contributed by atoms with van der Waals surface area (Å²) in [6, 6.07) is 10.0. The monoisotopic (exact) mass is 241 g/mol. The molecule has 1 unspecified atom stereocenters. The van der Waals surface area contributed by atoms with Gasteiger partial charge in [-0.15, -0.1) is 0 Å². The van der Waals surface area contributed by atoms with Gasteiger partial charge in [-0.3, -0.25) is 9.89 Å². The molecule has 2 heterocycles. The fourth-order valence-corrected chi connectivity index (χ4v) is 2.53. The average molecular weight is 241 g/mol. The molecule has 1 aromatic carbocycles. The van der Waals surface area contributed by atoms with Gasteiger partial charge in [-0.25, -0.2) is 0 Å². The van der Waals surface area contributed by atoms with Crippen molar-refractivity contribution in [2.24, 2.45) is 0 Å². The Bertz CT molecular complexity index is 603. The van der Waals surface area contributed by atoms with Crippen LogP contribution in [0.1, 0.15) is 28.7 Å². The van der Waals surface area contributed by atoms with Gasteiger partial charge in [-0.1, -0.05) is 18.2 Å². The van der Waals surface area contributed by atoms with E-state index in [0.29, 0.717) is 5.69 Å². The van der Waals surface area contributed by atoms with Crippen molar-refractivity contribution in [3.63, 3.8) is 0 Å². The molecule has 1 amide bonds. The molecule has 0 bridgehead atoms. The molecular formula is C14H15N3O. The van der Waals surface area contributed by atoms with Gasteiger partial charge < -0.3 is 4.90 Å². The van der Waals surface area contributed by atoms with E-state index in [1.54, 1.807) is 6.07 Å². The third-order valence-corrected chi connectivity index (χ3v) is 3.35. The summed E-state index contributed by atoms with van der Waals surface area (Å²) in [4.78, 5) is 14.3. The maximum absolute atomic E-state index is 12.5. The molecule has 0 fully saturated rings. The van der Waals surface area contributed by atoms with Crippen LogP contribution in [-0.2, 0) is 6.42 Å². The Morgan fingerprint density at radius 2 is 2.22 bits per heavy atom. The van der Waals surface area contributed by atoms with Gasteiger partial charge in [0.1, 0.15) is 0 Å². The predicted octanol–water partition coefficient (Wildman–Crippen LogP) is 2.31. The fourth-order valence-electron chi connectivity index (χ4n) is 2.53. The van der Waals surface area contributed by atoms with E-state index in [0.717, 1.165) is 17.8 Å². The number of nitrogens with one attached hydrogen (secondary N) is 1. The number of amides is 1. The molecule has 1 aliphatic heterocycles. The third-order valence-electron chi connectivity index (χ3n) is 3.35. The Morgan fingerprint density at radius 1 is 1.44 bits per heavy atom. The standard InChI is InChI=1S/C14H15N3O/c1-9-7-12(16-15-9)14(18)17-10(2)8-11-5-3-4-6-13(11)17/h3-7,10H,8H2,1-2H3,(H,15,16). The van der Waals surface area contributed by atoms with Crippen LogP contribution in [0.3, 0.4) is 0 Å². The molecular weight excluding hydrogens is 226 g/mol. The molecule has 0 aliphatic carbocycles. The summed E-state index contributed by atoms with van der Waals surface area (Å²) in [5.74, 6) is -0.0307. The number of aryl methyl sites for hydroxylation is 1. The molecule has 4 heteroatoms. The highest BCUT2D eigenvalue weighted by Crippen LogP contribution is 2.32. The second-order valence-corrected chi connectivity index (χ2v) is 4.79. The van der Waals surface area contributed by atoms with Crippen LogP contribution in [-0.4, -0.2) is 22.1 Å². The first-order valence-electron chi connectivity index (χ1n) is 6.10. The molecule has 0 radical (unpaired) electrons. The Kier molecular flexibility index (Phi) is 2.44.